The van der Waals surface area contributed by atoms with Gasteiger partial charge in [0, 0.05) is 0 Å². The second-order valence-corrected chi connectivity index (χ2v) is 2.73. The van der Waals surface area contributed by atoms with Gasteiger partial charge in [-0.3, -0.25) is 0 Å². The number of rotatable bonds is 1. The number of alkyl halides is 3. The van der Waals surface area contributed by atoms with Gasteiger partial charge in [-0.1, -0.05) is 18.2 Å². The second kappa shape index (κ2) is 3.82. The van der Waals surface area contributed by atoms with E-state index in [1.54, 1.807) is 6.92 Å². The zero-order chi connectivity index (χ0) is 10.8. The number of allylic oxidation sites excluding steroid dienone is 1. The van der Waals surface area contributed by atoms with E-state index in [1.807, 2.05) is 0 Å². The van der Waals surface area contributed by atoms with Gasteiger partial charge < -0.3 is 0 Å². The maximum Gasteiger partial charge on any atom is 0.417 e. The first-order valence-corrected chi connectivity index (χ1v) is 3.94. The maximum absolute atomic E-state index is 12.6. The molecule has 76 valence electrons. The molecule has 0 saturated carbocycles. The summed E-state index contributed by atoms with van der Waals surface area (Å²) in [6, 6.07) is 2.61. The van der Waals surface area contributed by atoms with Crippen LogP contribution in [0, 0.1) is 5.82 Å². The number of hydrogen-bond donors (Lipinski definition) is 0. The molecule has 0 fully saturated rings. The molecule has 0 radical (unpaired) electrons. The van der Waals surface area contributed by atoms with Crippen LogP contribution in [0.5, 0.6) is 0 Å². The Morgan fingerprint density at radius 3 is 2.36 bits per heavy atom. The van der Waals surface area contributed by atoms with Crippen LogP contribution in [0.15, 0.2) is 24.3 Å². The zero-order valence-electron chi connectivity index (χ0n) is 7.40. The van der Waals surface area contributed by atoms with Crippen molar-refractivity contribution in [1.82, 2.24) is 0 Å². The largest absolute Gasteiger partial charge is 0.417 e. The molecule has 1 aromatic carbocycles. The Kier molecular flexibility index (Phi) is 2.93. The molecule has 0 N–H and O–H groups in total. The van der Waals surface area contributed by atoms with Gasteiger partial charge in [-0.2, -0.15) is 13.2 Å². The van der Waals surface area contributed by atoms with Crippen LogP contribution in [-0.4, -0.2) is 0 Å². The average Bonchev–Trinajstić information content (AvgIpc) is 2.07. The number of halogens is 4. The van der Waals surface area contributed by atoms with E-state index in [0.29, 0.717) is 6.07 Å². The van der Waals surface area contributed by atoms with Gasteiger partial charge in [-0.05, 0) is 24.6 Å². The zero-order valence-corrected chi connectivity index (χ0v) is 7.40. The predicted octanol–water partition coefficient (Wildman–Crippen LogP) is 3.88. The smallest absolute Gasteiger partial charge is 0.207 e. The summed E-state index contributed by atoms with van der Waals surface area (Å²) in [6.07, 6.45) is -1.75. The summed E-state index contributed by atoms with van der Waals surface area (Å²) in [6.45, 7) is 1.60. The van der Waals surface area contributed by atoms with Crippen molar-refractivity contribution >= 4 is 6.08 Å². The van der Waals surface area contributed by atoms with E-state index in [0.717, 1.165) is 12.1 Å². The molecular weight excluding hydrogens is 196 g/mol. The minimum atomic E-state index is -4.52. The molecule has 1 rings (SSSR count). The molecule has 0 atom stereocenters. The van der Waals surface area contributed by atoms with E-state index in [2.05, 4.69) is 0 Å². The minimum absolute atomic E-state index is 0.0265. The highest BCUT2D eigenvalue weighted by Crippen LogP contribution is 2.32. The van der Waals surface area contributed by atoms with Gasteiger partial charge in [0.25, 0.3) is 0 Å². The lowest BCUT2D eigenvalue weighted by atomic mass is 10.1. The fourth-order valence-corrected chi connectivity index (χ4v) is 1.10. The molecule has 4 heteroatoms. The quantitative estimate of drug-likeness (QED) is 0.609. The van der Waals surface area contributed by atoms with Gasteiger partial charge in [0.1, 0.15) is 5.82 Å². The van der Waals surface area contributed by atoms with Crippen molar-refractivity contribution in [2.45, 2.75) is 13.1 Å². The van der Waals surface area contributed by atoms with Crippen LogP contribution in [0.1, 0.15) is 18.1 Å². The van der Waals surface area contributed by atoms with Crippen LogP contribution in [0.4, 0.5) is 17.6 Å². The summed E-state index contributed by atoms with van der Waals surface area (Å²) in [5.41, 5.74) is -0.975. The predicted molar refractivity (Wildman–Crippen MR) is 46.1 cm³/mol. The van der Waals surface area contributed by atoms with Crippen molar-refractivity contribution in [2.24, 2.45) is 0 Å². The summed E-state index contributed by atoms with van der Waals surface area (Å²) < 4.78 is 49.6. The van der Waals surface area contributed by atoms with Gasteiger partial charge in [-0.15, -0.1) is 0 Å². The van der Waals surface area contributed by atoms with E-state index in [9.17, 15) is 17.6 Å². The van der Waals surface area contributed by atoms with Gasteiger partial charge in [-0.25, -0.2) is 4.39 Å². The van der Waals surface area contributed by atoms with Gasteiger partial charge in [0.15, 0.2) is 0 Å². The molecule has 0 aliphatic heterocycles. The first kappa shape index (κ1) is 10.8. The lowest BCUT2D eigenvalue weighted by molar-refractivity contribution is -0.137. The van der Waals surface area contributed by atoms with Crippen molar-refractivity contribution < 1.29 is 17.6 Å². The Balaban J connectivity index is 3.30. The van der Waals surface area contributed by atoms with Gasteiger partial charge in [0.05, 0.1) is 5.56 Å². The Morgan fingerprint density at radius 2 is 1.86 bits per heavy atom. The second-order valence-electron chi connectivity index (χ2n) is 2.73. The fourth-order valence-electron chi connectivity index (χ4n) is 1.10. The van der Waals surface area contributed by atoms with Crippen LogP contribution in [0.25, 0.3) is 6.08 Å². The Morgan fingerprint density at radius 1 is 1.21 bits per heavy atom. The summed E-state index contributed by atoms with van der Waals surface area (Å²) in [5.74, 6) is -0.884. The normalized spacial score (nSPS) is 12.4. The molecular formula is C10H8F4. The molecule has 0 spiro atoms. The first-order valence-electron chi connectivity index (χ1n) is 3.94. The highest BCUT2D eigenvalue weighted by molar-refractivity contribution is 5.54. The van der Waals surface area contributed by atoms with Crippen LogP contribution in [-0.2, 0) is 6.18 Å². The molecule has 0 saturated heterocycles. The van der Waals surface area contributed by atoms with E-state index < -0.39 is 17.6 Å². The van der Waals surface area contributed by atoms with E-state index in [4.69, 9.17) is 0 Å². The topological polar surface area (TPSA) is 0 Å². The van der Waals surface area contributed by atoms with E-state index >= 15 is 0 Å². The van der Waals surface area contributed by atoms with Crippen molar-refractivity contribution in [3.63, 3.8) is 0 Å². The van der Waals surface area contributed by atoms with Gasteiger partial charge >= 0.3 is 6.18 Å². The van der Waals surface area contributed by atoms with Crippen LogP contribution in [0.3, 0.4) is 0 Å². The lowest BCUT2D eigenvalue weighted by Crippen LogP contribution is -2.07. The Bertz CT molecular complexity index is 350. The molecule has 0 aliphatic carbocycles. The molecule has 0 amide bonds. The Hall–Kier alpha value is -1.32. The van der Waals surface area contributed by atoms with E-state index in [1.165, 1.54) is 12.2 Å². The van der Waals surface area contributed by atoms with Crippen molar-refractivity contribution in [1.29, 1.82) is 0 Å². The van der Waals surface area contributed by atoms with Gasteiger partial charge in [0.2, 0.25) is 0 Å². The summed E-state index contributed by atoms with van der Waals surface area (Å²) >= 11 is 0. The summed E-state index contributed by atoms with van der Waals surface area (Å²) in [4.78, 5) is 0. The van der Waals surface area contributed by atoms with Crippen molar-refractivity contribution in [2.75, 3.05) is 0 Å². The molecule has 0 bridgehead atoms. The molecule has 14 heavy (non-hydrogen) atoms. The third-order valence-corrected chi connectivity index (χ3v) is 1.67. The third kappa shape index (κ3) is 2.34. The average molecular weight is 204 g/mol. The molecule has 0 unspecified atom stereocenters. The molecule has 0 aliphatic rings. The third-order valence-electron chi connectivity index (χ3n) is 1.67. The fraction of sp³-hybridized carbons (Fsp3) is 0.200. The van der Waals surface area contributed by atoms with Crippen LogP contribution < -0.4 is 0 Å². The highest BCUT2D eigenvalue weighted by Gasteiger charge is 2.32. The molecule has 0 heterocycles. The van der Waals surface area contributed by atoms with Crippen molar-refractivity contribution in [3.05, 3.63) is 41.2 Å². The maximum atomic E-state index is 12.6. The van der Waals surface area contributed by atoms with Crippen molar-refractivity contribution in [3.8, 4) is 0 Å². The monoisotopic (exact) mass is 204 g/mol. The molecule has 0 aromatic heterocycles. The Labute approximate surface area is 78.9 Å². The molecule has 0 nitrogen and oxygen atoms in total. The number of benzene rings is 1. The van der Waals surface area contributed by atoms with Crippen LogP contribution >= 0.6 is 0 Å². The van der Waals surface area contributed by atoms with E-state index in [-0.39, 0.29) is 5.56 Å². The first-order chi connectivity index (χ1) is 6.45. The SMILES string of the molecule is CC=Cc1ccc(F)cc1C(F)(F)F. The summed E-state index contributed by atoms with van der Waals surface area (Å²) in [5, 5.41) is 0. The highest BCUT2D eigenvalue weighted by atomic mass is 19.4. The number of hydrogen-bond acceptors (Lipinski definition) is 0. The lowest BCUT2D eigenvalue weighted by Gasteiger charge is -2.09. The van der Waals surface area contributed by atoms with Crippen LogP contribution in [0.2, 0.25) is 0 Å². The molecule has 1 aromatic rings. The minimum Gasteiger partial charge on any atom is -0.207 e. The summed E-state index contributed by atoms with van der Waals surface area (Å²) in [7, 11) is 0. The standard InChI is InChI=1S/C10H8F4/c1-2-3-7-4-5-8(11)6-9(7)10(12,13)14/h2-6H,1H3.